The van der Waals surface area contributed by atoms with Crippen LogP contribution in [-0.2, 0) is 4.74 Å². The smallest absolute Gasteiger partial charge is 0.232 e. The van der Waals surface area contributed by atoms with Crippen LogP contribution in [0, 0.1) is 0 Å². The van der Waals surface area contributed by atoms with Gasteiger partial charge in [0.05, 0.1) is 48.6 Å². The lowest BCUT2D eigenvalue weighted by atomic mass is 10.1. The molecule has 158 valence electrons. The second-order valence-corrected chi connectivity index (χ2v) is 7.70. The van der Waals surface area contributed by atoms with Crippen LogP contribution in [0.3, 0.4) is 0 Å². The Bertz CT molecular complexity index is 1220. The van der Waals surface area contributed by atoms with Gasteiger partial charge in [0, 0.05) is 30.1 Å². The molecule has 0 radical (unpaired) electrons. The van der Waals surface area contributed by atoms with Gasteiger partial charge in [0.2, 0.25) is 5.88 Å². The summed E-state index contributed by atoms with van der Waals surface area (Å²) in [5, 5.41) is 8.58. The molecule has 1 aromatic carbocycles. The summed E-state index contributed by atoms with van der Waals surface area (Å²) in [5.74, 6) is 1.34. The van der Waals surface area contributed by atoms with Gasteiger partial charge in [-0.3, -0.25) is 10.1 Å². The molecule has 0 bridgehead atoms. The van der Waals surface area contributed by atoms with Gasteiger partial charge in [0.15, 0.2) is 0 Å². The first-order valence-corrected chi connectivity index (χ1v) is 10.2. The maximum atomic E-state index is 5.85. The van der Waals surface area contributed by atoms with E-state index in [1.807, 2.05) is 24.3 Å². The van der Waals surface area contributed by atoms with Crippen LogP contribution in [0.15, 0.2) is 43.0 Å². The monoisotopic (exact) mass is 417 g/mol. The highest BCUT2D eigenvalue weighted by molar-refractivity contribution is 5.94. The summed E-state index contributed by atoms with van der Waals surface area (Å²) in [4.78, 5) is 19.9. The number of H-pyrrole nitrogens is 1. The Kier molecular flexibility index (Phi) is 4.95. The first-order chi connectivity index (χ1) is 15.1. The number of aromatic nitrogens is 6. The molecule has 1 aliphatic rings. The number of rotatable bonds is 4. The number of anilines is 1. The lowest BCUT2D eigenvalue weighted by Crippen LogP contribution is -2.45. The minimum atomic E-state index is 0.153. The van der Waals surface area contributed by atoms with Crippen LogP contribution in [0.4, 0.5) is 5.82 Å². The van der Waals surface area contributed by atoms with Gasteiger partial charge in [0.1, 0.15) is 17.8 Å². The van der Waals surface area contributed by atoms with Gasteiger partial charge >= 0.3 is 0 Å². The number of fused-ring (bicyclic) bond motifs is 1. The van der Waals surface area contributed by atoms with E-state index in [0.29, 0.717) is 5.88 Å². The molecule has 4 heterocycles. The molecule has 0 spiro atoms. The molecular weight excluding hydrogens is 394 g/mol. The average molecular weight is 417 g/mol. The highest BCUT2D eigenvalue weighted by atomic mass is 16.5. The fourth-order valence-corrected chi connectivity index (χ4v) is 3.97. The van der Waals surface area contributed by atoms with E-state index < -0.39 is 0 Å². The highest BCUT2D eigenvalue weighted by Crippen LogP contribution is 2.30. The molecule has 1 saturated heterocycles. The summed E-state index contributed by atoms with van der Waals surface area (Å²) in [6.45, 7) is 5.74. The number of nitrogens with zero attached hydrogens (tertiary/aromatic N) is 6. The molecule has 1 N–H and O–H groups in total. The summed E-state index contributed by atoms with van der Waals surface area (Å²) in [6.07, 6.45) is 5.20. The van der Waals surface area contributed by atoms with E-state index in [9.17, 15) is 0 Å². The number of morpholine rings is 1. The van der Waals surface area contributed by atoms with Crippen LogP contribution >= 0.6 is 0 Å². The summed E-state index contributed by atoms with van der Waals surface area (Å²) in [5.41, 5.74) is 4.10. The molecule has 2 unspecified atom stereocenters. The number of hydrogen-bond acceptors (Lipinski definition) is 8. The topological polar surface area (TPSA) is 102 Å². The van der Waals surface area contributed by atoms with E-state index in [1.165, 1.54) is 0 Å². The number of benzene rings is 1. The molecule has 1 fully saturated rings. The van der Waals surface area contributed by atoms with Gasteiger partial charge in [0.25, 0.3) is 0 Å². The number of ether oxygens (including phenoxy) is 2. The fourth-order valence-electron chi connectivity index (χ4n) is 3.97. The van der Waals surface area contributed by atoms with E-state index in [2.05, 4.69) is 48.9 Å². The van der Waals surface area contributed by atoms with Gasteiger partial charge in [-0.15, -0.1) is 0 Å². The minimum Gasteiger partial charge on any atom is -0.480 e. The van der Waals surface area contributed by atoms with E-state index in [4.69, 9.17) is 9.47 Å². The predicted molar refractivity (Wildman–Crippen MR) is 117 cm³/mol. The van der Waals surface area contributed by atoms with Crippen LogP contribution in [0.2, 0.25) is 0 Å². The van der Waals surface area contributed by atoms with E-state index >= 15 is 0 Å². The molecular formula is C22H23N7O2. The first-order valence-electron chi connectivity index (χ1n) is 10.2. The average Bonchev–Trinajstić information content (AvgIpc) is 3.22. The number of hydrogen-bond donors (Lipinski definition) is 1. The first kappa shape index (κ1) is 19.4. The van der Waals surface area contributed by atoms with Gasteiger partial charge < -0.3 is 14.4 Å². The van der Waals surface area contributed by atoms with Gasteiger partial charge in [-0.05, 0) is 26.0 Å². The lowest BCUT2D eigenvalue weighted by Gasteiger charge is -2.36. The van der Waals surface area contributed by atoms with E-state index in [0.717, 1.165) is 52.5 Å². The Morgan fingerprint density at radius 2 is 1.90 bits per heavy atom. The Labute approximate surface area is 179 Å². The zero-order chi connectivity index (χ0) is 21.4. The van der Waals surface area contributed by atoms with Crippen molar-refractivity contribution in [2.24, 2.45) is 0 Å². The highest BCUT2D eigenvalue weighted by Gasteiger charge is 2.24. The molecule has 0 saturated carbocycles. The van der Waals surface area contributed by atoms with Crippen molar-refractivity contribution in [1.82, 2.24) is 30.1 Å². The molecule has 0 aliphatic carbocycles. The van der Waals surface area contributed by atoms with Crippen molar-refractivity contribution in [3.63, 3.8) is 0 Å². The third-order valence-corrected chi connectivity index (χ3v) is 5.32. The molecule has 1 aliphatic heterocycles. The Hall–Kier alpha value is -3.59. The van der Waals surface area contributed by atoms with E-state index in [-0.39, 0.29) is 12.2 Å². The zero-order valence-corrected chi connectivity index (χ0v) is 17.6. The second kappa shape index (κ2) is 7.92. The fraction of sp³-hybridized carbons (Fsp3) is 0.318. The summed E-state index contributed by atoms with van der Waals surface area (Å²) in [6, 6.07) is 7.99. The SMILES string of the molecule is COc1cncc(-c2ccc3[nH]nc(-c4cc(N5CC(C)OC(C)C5)ncn4)c3c2)n1. The minimum absolute atomic E-state index is 0.153. The maximum Gasteiger partial charge on any atom is 0.232 e. The number of nitrogens with one attached hydrogen (secondary N) is 1. The maximum absolute atomic E-state index is 5.85. The molecule has 2 atom stereocenters. The molecule has 3 aromatic heterocycles. The quantitative estimate of drug-likeness (QED) is 0.540. The van der Waals surface area contributed by atoms with Crippen molar-refractivity contribution < 1.29 is 9.47 Å². The van der Waals surface area contributed by atoms with Crippen molar-refractivity contribution in [3.05, 3.63) is 43.0 Å². The van der Waals surface area contributed by atoms with Crippen molar-refractivity contribution >= 4 is 16.7 Å². The normalized spacial score (nSPS) is 19.0. The third kappa shape index (κ3) is 3.79. The van der Waals surface area contributed by atoms with Crippen LogP contribution in [0.1, 0.15) is 13.8 Å². The van der Waals surface area contributed by atoms with Crippen molar-refractivity contribution in [1.29, 1.82) is 0 Å². The van der Waals surface area contributed by atoms with Crippen molar-refractivity contribution in [2.45, 2.75) is 26.1 Å². The summed E-state index contributed by atoms with van der Waals surface area (Å²) >= 11 is 0. The largest absolute Gasteiger partial charge is 0.480 e. The molecule has 4 aromatic rings. The molecule has 5 rings (SSSR count). The number of methoxy groups -OCH3 is 1. The van der Waals surface area contributed by atoms with Crippen LogP contribution in [0.25, 0.3) is 33.5 Å². The van der Waals surface area contributed by atoms with Gasteiger partial charge in [-0.2, -0.15) is 5.10 Å². The van der Waals surface area contributed by atoms with Gasteiger partial charge in [-0.1, -0.05) is 6.07 Å². The van der Waals surface area contributed by atoms with Crippen molar-refractivity contribution in [2.75, 3.05) is 25.1 Å². The third-order valence-electron chi connectivity index (χ3n) is 5.32. The Balaban J connectivity index is 1.53. The predicted octanol–water partition coefficient (Wildman–Crippen LogP) is 3.10. The molecule has 31 heavy (non-hydrogen) atoms. The Morgan fingerprint density at radius 3 is 2.71 bits per heavy atom. The van der Waals surface area contributed by atoms with Crippen LogP contribution in [0.5, 0.6) is 5.88 Å². The number of aromatic amines is 1. The standard InChI is InChI=1S/C22H23N7O2/c1-13-10-29(11-14(2)31-13)20-7-18(24-12-25-20)22-16-6-15(4-5-17(16)27-28-22)19-8-23-9-21(26-19)30-3/h4-9,12-14H,10-11H2,1-3H3,(H,27,28). The molecule has 9 heteroatoms. The molecule has 0 amide bonds. The molecule has 9 nitrogen and oxygen atoms in total. The van der Waals surface area contributed by atoms with Crippen molar-refractivity contribution in [3.8, 4) is 28.5 Å². The summed E-state index contributed by atoms with van der Waals surface area (Å²) in [7, 11) is 1.58. The lowest BCUT2D eigenvalue weighted by molar-refractivity contribution is -0.00546. The zero-order valence-electron chi connectivity index (χ0n) is 17.6. The Morgan fingerprint density at radius 1 is 1.06 bits per heavy atom. The van der Waals surface area contributed by atoms with Crippen LogP contribution < -0.4 is 9.64 Å². The van der Waals surface area contributed by atoms with Gasteiger partial charge in [-0.25, -0.2) is 15.0 Å². The van der Waals surface area contributed by atoms with E-state index in [1.54, 1.807) is 25.8 Å². The summed E-state index contributed by atoms with van der Waals surface area (Å²) < 4.78 is 11.1. The van der Waals surface area contributed by atoms with Crippen LogP contribution in [-0.4, -0.2) is 62.5 Å². The second-order valence-electron chi connectivity index (χ2n) is 7.70.